The van der Waals surface area contributed by atoms with Crippen molar-refractivity contribution in [1.82, 2.24) is 5.48 Å². The van der Waals surface area contributed by atoms with E-state index < -0.39 is 12.0 Å². The van der Waals surface area contributed by atoms with Crippen molar-refractivity contribution in [1.29, 1.82) is 0 Å². The fourth-order valence-corrected chi connectivity index (χ4v) is 0.776. The summed E-state index contributed by atoms with van der Waals surface area (Å²) in [5, 5.41) is 9.34. The van der Waals surface area contributed by atoms with Crippen molar-refractivity contribution in [2.24, 2.45) is 11.7 Å². The summed E-state index contributed by atoms with van der Waals surface area (Å²) in [6, 6.07) is 0. The van der Waals surface area contributed by atoms with Crippen LogP contribution in [-0.2, 0) is 14.4 Å². The van der Waals surface area contributed by atoms with Crippen molar-refractivity contribution in [3.8, 4) is 0 Å². The number of aliphatic hydroxyl groups is 1. The van der Waals surface area contributed by atoms with Crippen LogP contribution in [0.1, 0.15) is 13.8 Å². The molecule has 0 aromatic carbocycles. The van der Waals surface area contributed by atoms with Gasteiger partial charge in [-0.15, -0.1) is 0 Å². The number of hydrogen-bond donors (Lipinski definition) is 3. The highest BCUT2D eigenvalue weighted by atomic mass is 16.6. The van der Waals surface area contributed by atoms with E-state index in [0.29, 0.717) is 12.5 Å². The predicted molar refractivity (Wildman–Crippen MR) is 54.8 cm³/mol. The lowest BCUT2D eigenvalue weighted by Crippen LogP contribution is -2.33. The maximum Gasteiger partial charge on any atom is 0.245 e. The Balaban J connectivity index is 3.25. The van der Waals surface area contributed by atoms with Gasteiger partial charge in [-0.05, 0) is 5.92 Å². The monoisotopic (exact) mass is 220 g/mol. The molecule has 0 rings (SSSR count). The van der Waals surface area contributed by atoms with Gasteiger partial charge in [-0.2, -0.15) is 5.48 Å². The van der Waals surface area contributed by atoms with Crippen molar-refractivity contribution in [2.75, 3.05) is 26.4 Å². The van der Waals surface area contributed by atoms with Crippen LogP contribution < -0.4 is 11.2 Å². The molecule has 0 spiro atoms. The van der Waals surface area contributed by atoms with E-state index >= 15 is 0 Å². The summed E-state index contributed by atoms with van der Waals surface area (Å²) in [6.45, 7) is 4.90. The lowest BCUT2D eigenvalue weighted by molar-refractivity contribution is -0.126. The number of hydrogen-bond acceptors (Lipinski definition) is 5. The molecule has 0 saturated carbocycles. The fraction of sp³-hybridized carbons (Fsp3) is 0.889. The van der Waals surface area contributed by atoms with Gasteiger partial charge in [0.05, 0.1) is 12.7 Å². The second kappa shape index (κ2) is 8.60. The fourth-order valence-electron chi connectivity index (χ4n) is 0.776. The number of hydroxylamine groups is 1. The average molecular weight is 220 g/mol. The minimum Gasteiger partial charge on any atom is -0.389 e. The molecule has 0 aliphatic rings. The molecular weight excluding hydrogens is 200 g/mol. The van der Waals surface area contributed by atoms with E-state index in [1.165, 1.54) is 0 Å². The van der Waals surface area contributed by atoms with Gasteiger partial charge < -0.3 is 15.6 Å². The van der Waals surface area contributed by atoms with E-state index in [4.69, 9.17) is 10.5 Å². The Bertz CT molecular complexity index is 175. The van der Waals surface area contributed by atoms with Gasteiger partial charge in [-0.1, -0.05) is 13.8 Å². The number of ether oxygens (including phenoxy) is 1. The number of rotatable bonds is 9. The predicted octanol–water partition coefficient (Wildman–Crippen LogP) is -0.974. The van der Waals surface area contributed by atoms with Crippen molar-refractivity contribution < 1.29 is 19.5 Å². The number of amides is 1. The first-order valence-electron chi connectivity index (χ1n) is 4.91. The van der Waals surface area contributed by atoms with Gasteiger partial charge in [0.2, 0.25) is 5.91 Å². The second-order valence-corrected chi connectivity index (χ2v) is 3.69. The summed E-state index contributed by atoms with van der Waals surface area (Å²) in [5.74, 6) is -0.121. The van der Waals surface area contributed by atoms with E-state index in [2.05, 4.69) is 10.3 Å². The summed E-state index contributed by atoms with van der Waals surface area (Å²) in [7, 11) is 0. The molecule has 0 aliphatic heterocycles. The molecule has 1 unspecified atom stereocenters. The molecule has 6 nitrogen and oxygen atoms in total. The van der Waals surface area contributed by atoms with Gasteiger partial charge >= 0.3 is 0 Å². The molecule has 1 atom stereocenters. The third-order valence-corrected chi connectivity index (χ3v) is 1.40. The zero-order valence-corrected chi connectivity index (χ0v) is 9.23. The van der Waals surface area contributed by atoms with Crippen LogP contribution in [0.2, 0.25) is 0 Å². The Labute approximate surface area is 89.7 Å². The molecule has 0 aliphatic carbocycles. The Morgan fingerprint density at radius 2 is 2.13 bits per heavy atom. The Hall–Kier alpha value is -0.690. The maximum absolute atomic E-state index is 10.3. The Kier molecular flexibility index (Phi) is 8.21. The van der Waals surface area contributed by atoms with Crippen molar-refractivity contribution in [3.63, 3.8) is 0 Å². The summed E-state index contributed by atoms with van der Waals surface area (Å²) in [6.07, 6.45) is -0.656. The van der Waals surface area contributed by atoms with Crippen molar-refractivity contribution in [2.45, 2.75) is 20.0 Å². The van der Waals surface area contributed by atoms with E-state index in [1.807, 2.05) is 13.8 Å². The highest BCUT2D eigenvalue weighted by Crippen LogP contribution is 1.93. The van der Waals surface area contributed by atoms with Crippen LogP contribution in [0, 0.1) is 5.92 Å². The minimum atomic E-state index is -0.656. The summed E-state index contributed by atoms with van der Waals surface area (Å²) in [5.41, 5.74) is 7.26. The molecule has 0 heterocycles. The summed E-state index contributed by atoms with van der Waals surface area (Å²) < 4.78 is 5.20. The lowest BCUT2D eigenvalue weighted by atomic mass is 10.2. The average Bonchev–Trinajstić information content (AvgIpc) is 2.11. The molecule has 0 radical (unpaired) electrons. The number of primary amides is 1. The molecule has 0 bridgehead atoms. The summed E-state index contributed by atoms with van der Waals surface area (Å²) in [4.78, 5) is 14.9. The van der Waals surface area contributed by atoms with Gasteiger partial charge in [0.15, 0.2) is 0 Å². The van der Waals surface area contributed by atoms with Crippen LogP contribution in [0.4, 0.5) is 0 Å². The quantitative estimate of drug-likeness (QED) is 0.343. The van der Waals surface area contributed by atoms with Gasteiger partial charge in [0.1, 0.15) is 6.61 Å². The smallest absolute Gasteiger partial charge is 0.245 e. The number of nitrogens with two attached hydrogens (primary N) is 1. The van der Waals surface area contributed by atoms with E-state index in [9.17, 15) is 9.90 Å². The first-order valence-corrected chi connectivity index (χ1v) is 4.91. The third-order valence-electron chi connectivity index (χ3n) is 1.40. The van der Waals surface area contributed by atoms with Gasteiger partial charge in [-0.3, -0.25) is 9.63 Å². The molecule has 15 heavy (non-hydrogen) atoms. The SMILES string of the molecule is CC(C)COCC(O)CNOCC(N)=O. The van der Waals surface area contributed by atoms with Crippen LogP contribution in [0.5, 0.6) is 0 Å². The minimum absolute atomic E-state index is 0.200. The molecular formula is C9H20N2O4. The number of aliphatic hydroxyl groups excluding tert-OH is 1. The van der Waals surface area contributed by atoms with Crippen LogP contribution in [0.3, 0.4) is 0 Å². The molecule has 0 fully saturated rings. The molecule has 6 heteroatoms. The van der Waals surface area contributed by atoms with Crippen LogP contribution >= 0.6 is 0 Å². The van der Waals surface area contributed by atoms with E-state index in [-0.39, 0.29) is 19.8 Å². The largest absolute Gasteiger partial charge is 0.389 e. The topological polar surface area (TPSA) is 93.8 Å². The van der Waals surface area contributed by atoms with E-state index in [0.717, 1.165) is 0 Å². The Morgan fingerprint density at radius 3 is 2.67 bits per heavy atom. The second-order valence-electron chi connectivity index (χ2n) is 3.69. The van der Waals surface area contributed by atoms with E-state index in [1.54, 1.807) is 0 Å². The molecule has 0 saturated heterocycles. The Morgan fingerprint density at radius 1 is 1.47 bits per heavy atom. The third kappa shape index (κ3) is 11.2. The van der Waals surface area contributed by atoms with Crippen LogP contribution in [0.15, 0.2) is 0 Å². The van der Waals surface area contributed by atoms with Crippen LogP contribution in [0.25, 0.3) is 0 Å². The lowest BCUT2D eigenvalue weighted by Gasteiger charge is -2.12. The van der Waals surface area contributed by atoms with Crippen molar-refractivity contribution >= 4 is 5.91 Å². The molecule has 0 aromatic rings. The van der Waals surface area contributed by atoms with Gasteiger partial charge in [-0.25, -0.2) is 0 Å². The van der Waals surface area contributed by atoms with Crippen molar-refractivity contribution in [3.05, 3.63) is 0 Å². The standard InChI is InChI=1S/C9H20N2O4/c1-7(2)4-14-5-8(12)3-11-15-6-9(10)13/h7-8,11-12H,3-6H2,1-2H3,(H2,10,13). The van der Waals surface area contributed by atoms with Gasteiger partial charge in [0.25, 0.3) is 0 Å². The summed E-state index contributed by atoms with van der Waals surface area (Å²) >= 11 is 0. The molecule has 1 amide bonds. The first-order chi connectivity index (χ1) is 7.02. The molecule has 4 N–H and O–H groups in total. The zero-order chi connectivity index (χ0) is 11.7. The zero-order valence-electron chi connectivity index (χ0n) is 9.23. The highest BCUT2D eigenvalue weighted by Gasteiger charge is 2.04. The molecule has 0 aromatic heterocycles. The normalized spacial score (nSPS) is 13.1. The number of carbonyl (C=O) groups is 1. The maximum atomic E-state index is 10.3. The van der Waals surface area contributed by atoms with Crippen LogP contribution in [-0.4, -0.2) is 43.5 Å². The highest BCUT2D eigenvalue weighted by molar-refractivity contribution is 5.74. The number of nitrogens with one attached hydrogen (secondary N) is 1. The van der Waals surface area contributed by atoms with Gasteiger partial charge in [0, 0.05) is 13.2 Å². The number of carbonyl (C=O) groups excluding carboxylic acids is 1. The first kappa shape index (κ1) is 14.3. The molecule has 90 valence electrons.